The van der Waals surface area contributed by atoms with E-state index in [1.54, 1.807) is 25.1 Å². The summed E-state index contributed by atoms with van der Waals surface area (Å²) in [5, 5.41) is 3.55. The smallest absolute Gasteiger partial charge is 0.259 e. The number of carbonyl (C=O) groups excluding carboxylic acids is 1. The molecule has 10 heteroatoms. The Morgan fingerprint density at radius 3 is 2.70 bits per heavy atom. The van der Waals surface area contributed by atoms with Crippen LogP contribution in [0, 0.1) is 6.92 Å². The number of pyridine rings is 2. The Labute approximate surface area is 187 Å². The van der Waals surface area contributed by atoms with Crippen LogP contribution < -0.4 is 20.5 Å². The van der Waals surface area contributed by atoms with Crippen molar-refractivity contribution in [2.75, 3.05) is 30.4 Å². The van der Waals surface area contributed by atoms with Gasteiger partial charge >= 0.3 is 0 Å². The number of anilines is 2. The Kier molecular flexibility index (Phi) is 5.24. The molecule has 0 aliphatic carbocycles. The van der Waals surface area contributed by atoms with E-state index in [-0.39, 0.29) is 36.6 Å². The number of aromatic amines is 1. The lowest BCUT2D eigenvalue weighted by molar-refractivity contribution is 0.102. The maximum atomic E-state index is 13.9. The van der Waals surface area contributed by atoms with Crippen molar-refractivity contribution in [1.82, 2.24) is 9.97 Å². The number of H-pyrrole nitrogens is 1. The third kappa shape index (κ3) is 3.80. The molecule has 1 amide bonds. The second-order valence-electron chi connectivity index (χ2n) is 8.27. The molecule has 1 aromatic carbocycles. The molecule has 0 radical (unpaired) electrons. The van der Waals surface area contributed by atoms with Crippen LogP contribution in [-0.4, -0.2) is 48.4 Å². The first kappa shape index (κ1) is 21.3. The third-order valence-electron chi connectivity index (χ3n) is 5.99. The predicted octanol–water partition coefficient (Wildman–Crippen LogP) is 3.02. The molecule has 2 atom stereocenters. The highest BCUT2D eigenvalue weighted by Crippen LogP contribution is 2.33. The zero-order valence-corrected chi connectivity index (χ0v) is 18.1. The number of methoxy groups -OCH3 is 1. The highest BCUT2D eigenvalue weighted by atomic mass is 19.2. The number of amides is 1. The number of nitrogens with zero attached hydrogens (tertiary/aromatic N) is 2. The minimum atomic E-state index is -1.64. The van der Waals surface area contributed by atoms with Gasteiger partial charge in [-0.3, -0.25) is 9.59 Å². The molecule has 2 aliphatic rings. The number of nitrogens with one attached hydrogen (secondary N) is 2. The van der Waals surface area contributed by atoms with Gasteiger partial charge in [0.15, 0.2) is 12.3 Å². The van der Waals surface area contributed by atoms with E-state index in [0.717, 1.165) is 11.1 Å². The number of benzene rings is 1. The summed E-state index contributed by atoms with van der Waals surface area (Å²) >= 11 is 0. The number of fused-ring (bicyclic) bond motifs is 2. The number of hydrogen-bond donors (Lipinski definition) is 2. The minimum Gasteiger partial charge on any atom is -0.494 e. The third-order valence-corrected chi connectivity index (χ3v) is 5.99. The summed E-state index contributed by atoms with van der Waals surface area (Å²) in [6.45, 7) is 2.04. The van der Waals surface area contributed by atoms with Crippen molar-refractivity contribution < 1.29 is 23.0 Å². The Hall–Kier alpha value is -3.53. The van der Waals surface area contributed by atoms with E-state index in [9.17, 15) is 18.4 Å². The number of halogens is 2. The maximum absolute atomic E-state index is 13.9. The molecule has 1 saturated heterocycles. The standard InChI is InChI=1S/C23H22F2N4O4/c1-11-3-20(30)28-21-14(11)5-13(6-19(21)32-2)26-23(31)15-4-12-9-33-10-18(12)27-22(15)29-7-16(24)17(25)8-29/h3-6,16-17H,7-10H2,1-2H3,(H,26,31)(H,28,30). The van der Waals surface area contributed by atoms with Gasteiger partial charge in [0.05, 0.1) is 50.2 Å². The van der Waals surface area contributed by atoms with E-state index in [1.807, 2.05) is 0 Å². The maximum Gasteiger partial charge on any atom is 0.259 e. The second kappa shape index (κ2) is 8.11. The van der Waals surface area contributed by atoms with Gasteiger partial charge in [0.25, 0.3) is 5.91 Å². The van der Waals surface area contributed by atoms with E-state index in [0.29, 0.717) is 34.6 Å². The molecule has 2 aliphatic heterocycles. The largest absolute Gasteiger partial charge is 0.494 e. The fourth-order valence-corrected chi connectivity index (χ4v) is 4.32. The van der Waals surface area contributed by atoms with Crippen LogP contribution in [0.2, 0.25) is 0 Å². The zero-order chi connectivity index (χ0) is 23.3. The number of hydrogen-bond acceptors (Lipinski definition) is 6. The van der Waals surface area contributed by atoms with Crippen molar-refractivity contribution in [2.45, 2.75) is 32.5 Å². The molecule has 2 N–H and O–H groups in total. The van der Waals surface area contributed by atoms with Crippen molar-refractivity contribution >= 4 is 28.3 Å². The van der Waals surface area contributed by atoms with Crippen molar-refractivity contribution in [3.05, 3.63) is 57.0 Å². The molecule has 172 valence electrons. The summed E-state index contributed by atoms with van der Waals surface area (Å²) in [5.41, 5.74) is 3.06. The fourth-order valence-electron chi connectivity index (χ4n) is 4.32. The molecule has 0 saturated carbocycles. The minimum absolute atomic E-state index is 0.176. The molecule has 2 unspecified atom stereocenters. The second-order valence-corrected chi connectivity index (χ2v) is 8.27. The normalized spacial score (nSPS) is 19.7. The lowest BCUT2D eigenvalue weighted by atomic mass is 10.1. The lowest BCUT2D eigenvalue weighted by Crippen LogP contribution is -2.26. The van der Waals surface area contributed by atoms with E-state index in [4.69, 9.17) is 9.47 Å². The predicted molar refractivity (Wildman–Crippen MR) is 119 cm³/mol. The lowest BCUT2D eigenvalue weighted by Gasteiger charge is -2.21. The molecule has 0 spiro atoms. The summed E-state index contributed by atoms with van der Waals surface area (Å²) in [5.74, 6) is 0.144. The van der Waals surface area contributed by atoms with Crippen LogP contribution in [0.5, 0.6) is 5.75 Å². The summed E-state index contributed by atoms with van der Waals surface area (Å²) in [4.78, 5) is 33.9. The average Bonchev–Trinajstić information content (AvgIpc) is 3.38. The van der Waals surface area contributed by atoms with Crippen molar-refractivity contribution in [3.8, 4) is 5.75 Å². The Morgan fingerprint density at radius 1 is 1.21 bits per heavy atom. The van der Waals surface area contributed by atoms with Gasteiger partial charge in [-0.25, -0.2) is 13.8 Å². The van der Waals surface area contributed by atoms with Crippen LogP contribution in [0.15, 0.2) is 29.1 Å². The molecule has 0 bridgehead atoms. The molecule has 1 fully saturated rings. The van der Waals surface area contributed by atoms with Crippen LogP contribution in [0.3, 0.4) is 0 Å². The Bertz CT molecular complexity index is 1320. The van der Waals surface area contributed by atoms with Crippen LogP contribution in [0.25, 0.3) is 10.9 Å². The van der Waals surface area contributed by atoms with E-state index >= 15 is 0 Å². The van der Waals surface area contributed by atoms with Gasteiger partial charge in [0.2, 0.25) is 5.56 Å². The summed E-state index contributed by atoms with van der Waals surface area (Å²) < 4.78 is 38.6. The quantitative estimate of drug-likeness (QED) is 0.627. The van der Waals surface area contributed by atoms with Crippen molar-refractivity contribution in [1.29, 1.82) is 0 Å². The highest BCUT2D eigenvalue weighted by Gasteiger charge is 2.36. The molecule has 8 nitrogen and oxygen atoms in total. The molecule has 3 aromatic rings. The monoisotopic (exact) mass is 456 g/mol. The van der Waals surface area contributed by atoms with Gasteiger partial charge in [-0.2, -0.15) is 0 Å². The van der Waals surface area contributed by atoms with Crippen molar-refractivity contribution in [2.24, 2.45) is 0 Å². The van der Waals surface area contributed by atoms with Gasteiger partial charge in [-0.15, -0.1) is 0 Å². The summed E-state index contributed by atoms with van der Waals surface area (Å²) in [6.07, 6.45) is -3.27. The molecule has 2 aromatic heterocycles. The number of aromatic nitrogens is 2. The molecular formula is C23H22F2N4O4. The first-order chi connectivity index (χ1) is 15.8. The summed E-state index contributed by atoms with van der Waals surface area (Å²) in [7, 11) is 1.47. The Morgan fingerprint density at radius 2 is 1.97 bits per heavy atom. The van der Waals surface area contributed by atoms with E-state index in [2.05, 4.69) is 15.3 Å². The van der Waals surface area contributed by atoms with Crippen LogP contribution in [0.4, 0.5) is 20.3 Å². The number of ether oxygens (including phenoxy) is 2. The van der Waals surface area contributed by atoms with E-state index in [1.165, 1.54) is 18.1 Å². The number of rotatable bonds is 4. The summed E-state index contributed by atoms with van der Waals surface area (Å²) in [6, 6.07) is 6.46. The topological polar surface area (TPSA) is 96.5 Å². The number of aryl methyl sites for hydroxylation is 1. The highest BCUT2D eigenvalue weighted by molar-refractivity contribution is 6.09. The molecular weight excluding hydrogens is 434 g/mol. The molecule has 5 rings (SSSR count). The van der Waals surface area contributed by atoms with Gasteiger partial charge in [-0.1, -0.05) is 0 Å². The van der Waals surface area contributed by atoms with Crippen LogP contribution in [0.1, 0.15) is 27.2 Å². The van der Waals surface area contributed by atoms with Crippen molar-refractivity contribution in [3.63, 3.8) is 0 Å². The van der Waals surface area contributed by atoms with Gasteiger partial charge in [0.1, 0.15) is 11.6 Å². The zero-order valence-electron chi connectivity index (χ0n) is 18.1. The Balaban J connectivity index is 1.54. The average molecular weight is 456 g/mol. The fraction of sp³-hybridized carbons (Fsp3) is 0.348. The van der Waals surface area contributed by atoms with E-state index < -0.39 is 18.3 Å². The first-order valence-corrected chi connectivity index (χ1v) is 10.5. The van der Waals surface area contributed by atoms with Gasteiger partial charge in [-0.05, 0) is 24.6 Å². The number of carbonyl (C=O) groups is 1. The molecule has 33 heavy (non-hydrogen) atoms. The van der Waals surface area contributed by atoms with Crippen LogP contribution in [-0.2, 0) is 18.0 Å². The van der Waals surface area contributed by atoms with Gasteiger partial charge in [0, 0.05) is 28.8 Å². The van der Waals surface area contributed by atoms with Gasteiger partial charge < -0.3 is 24.7 Å². The number of alkyl halides is 2. The molecule has 4 heterocycles. The SMILES string of the molecule is COc1cc(NC(=O)c2cc3c(nc2N2CC(F)C(F)C2)COC3)cc2c(C)cc(=O)[nH]c12. The first-order valence-electron chi connectivity index (χ1n) is 10.5. The van der Waals surface area contributed by atoms with Crippen LogP contribution >= 0.6 is 0 Å².